The molecule has 0 radical (unpaired) electrons. The van der Waals surface area contributed by atoms with Gasteiger partial charge in [-0.3, -0.25) is 14.9 Å². The van der Waals surface area contributed by atoms with Crippen molar-refractivity contribution in [2.75, 3.05) is 6.61 Å². The molecule has 1 heterocycles. The molecule has 1 unspecified atom stereocenters. The van der Waals surface area contributed by atoms with Crippen LogP contribution in [0.3, 0.4) is 0 Å². The Balaban J connectivity index is 2.84. The standard InChI is InChI=1S/C7H11NO3/c1-2-7(4-9)3-5(10)8-6(7)11/h9H,2-4H2,1H3,(H,8,10,11). The molecular formula is C7H11NO3. The quantitative estimate of drug-likeness (QED) is 0.527. The summed E-state index contributed by atoms with van der Waals surface area (Å²) in [6.07, 6.45) is 0.625. The van der Waals surface area contributed by atoms with Crippen LogP contribution in [0.5, 0.6) is 0 Å². The summed E-state index contributed by atoms with van der Waals surface area (Å²) >= 11 is 0. The van der Waals surface area contributed by atoms with E-state index in [-0.39, 0.29) is 24.8 Å². The normalized spacial score (nSPS) is 30.7. The minimum absolute atomic E-state index is 0.124. The van der Waals surface area contributed by atoms with Gasteiger partial charge in [-0.2, -0.15) is 0 Å². The van der Waals surface area contributed by atoms with E-state index in [2.05, 4.69) is 5.32 Å². The number of rotatable bonds is 2. The van der Waals surface area contributed by atoms with Gasteiger partial charge < -0.3 is 5.11 Å². The maximum absolute atomic E-state index is 11.1. The molecular weight excluding hydrogens is 146 g/mol. The summed E-state index contributed by atoms with van der Waals surface area (Å²) in [5.41, 5.74) is -0.836. The summed E-state index contributed by atoms with van der Waals surface area (Å²) in [6, 6.07) is 0. The highest BCUT2D eigenvalue weighted by Gasteiger charge is 2.44. The third-order valence-electron chi connectivity index (χ3n) is 2.21. The molecule has 2 amide bonds. The van der Waals surface area contributed by atoms with Gasteiger partial charge in [0.1, 0.15) is 0 Å². The van der Waals surface area contributed by atoms with Crippen LogP contribution < -0.4 is 5.32 Å². The third kappa shape index (κ3) is 1.14. The van der Waals surface area contributed by atoms with Gasteiger partial charge in [-0.05, 0) is 6.42 Å². The summed E-state index contributed by atoms with van der Waals surface area (Å²) in [4.78, 5) is 21.8. The average Bonchev–Trinajstić information content (AvgIpc) is 2.27. The lowest BCUT2D eigenvalue weighted by Gasteiger charge is -2.18. The molecule has 4 nitrogen and oxygen atoms in total. The van der Waals surface area contributed by atoms with Crippen molar-refractivity contribution < 1.29 is 14.7 Å². The fourth-order valence-electron chi connectivity index (χ4n) is 1.22. The smallest absolute Gasteiger partial charge is 0.235 e. The molecule has 62 valence electrons. The van der Waals surface area contributed by atoms with Gasteiger partial charge in [0.2, 0.25) is 11.8 Å². The van der Waals surface area contributed by atoms with Crippen LogP contribution in [-0.2, 0) is 9.59 Å². The topological polar surface area (TPSA) is 66.4 Å². The second-order valence-electron chi connectivity index (χ2n) is 2.85. The van der Waals surface area contributed by atoms with Crippen LogP contribution in [-0.4, -0.2) is 23.5 Å². The number of hydrogen-bond acceptors (Lipinski definition) is 3. The first-order valence-corrected chi connectivity index (χ1v) is 3.60. The van der Waals surface area contributed by atoms with Gasteiger partial charge in [0, 0.05) is 6.42 Å². The number of nitrogens with one attached hydrogen (secondary N) is 1. The summed E-state index contributed by atoms with van der Waals surface area (Å²) in [7, 11) is 0. The summed E-state index contributed by atoms with van der Waals surface area (Å²) in [6.45, 7) is 1.54. The third-order valence-corrected chi connectivity index (χ3v) is 2.21. The number of aliphatic hydroxyl groups is 1. The Bertz CT molecular complexity index is 196. The molecule has 4 heteroatoms. The number of carbonyl (C=O) groups excluding carboxylic acids is 2. The number of hydrogen-bond donors (Lipinski definition) is 2. The van der Waals surface area contributed by atoms with Crippen molar-refractivity contribution in [3.63, 3.8) is 0 Å². The van der Waals surface area contributed by atoms with Crippen molar-refractivity contribution in [2.24, 2.45) is 5.41 Å². The highest BCUT2D eigenvalue weighted by Crippen LogP contribution is 2.30. The summed E-state index contributed by atoms with van der Waals surface area (Å²) in [5, 5.41) is 11.1. The minimum Gasteiger partial charge on any atom is -0.395 e. The maximum Gasteiger partial charge on any atom is 0.235 e. The molecule has 1 saturated heterocycles. The first-order valence-electron chi connectivity index (χ1n) is 3.60. The van der Waals surface area contributed by atoms with Gasteiger partial charge in [-0.15, -0.1) is 0 Å². The largest absolute Gasteiger partial charge is 0.395 e. The molecule has 1 aliphatic heterocycles. The second-order valence-corrected chi connectivity index (χ2v) is 2.85. The molecule has 0 saturated carbocycles. The lowest BCUT2D eigenvalue weighted by atomic mass is 9.84. The highest BCUT2D eigenvalue weighted by molar-refractivity contribution is 6.05. The van der Waals surface area contributed by atoms with Crippen molar-refractivity contribution in [1.29, 1.82) is 0 Å². The highest BCUT2D eigenvalue weighted by atomic mass is 16.3. The number of carbonyl (C=O) groups is 2. The van der Waals surface area contributed by atoms with Gasteiger partial charge in [0.05, 0.1) is 12.0 Å². The Labute approximate surface area is 64.6 Å². The molecule has 1 aliphatic rings. The SMILES string of the molecule is CCC1(CO)CC(=O)NC1=O. The monoisotopic (exact) mass is 157 g/mol. The molecule has 11 heavy (non-hydrogen) atoms. The zero-order valence-corrected chi connectivity index (χ0v) is 6.39. The molecule has 1 rings (SSSR count). The maximum atomic E-state index is 11.1. The molecule has 1 fully saturated rings. The number of imide groups is 1. The molecule has 1 atom stereocenters. The van der Waals surface area contributed by atoms with Gasteiger partial charge in [-0.25, -0.2) is 0 Å². The lowest BCUT2D eigenvalue weighted by Crippen LogP contribution is -2.34. The van der Waals surface area contributed by atoms with E-state index in [0.29, 0.717) is 6.42 Å². The van der Waals surface area contributed by atoms with Crippen molar-refractivity contribution >= 4 is 11.8 Å². The fourth-order valence-corrected chi connectivity index (χ4v) is 1.22. The van der Waals surface area contributed by atoms with Crippen LogP contribution in [0.1, 0.15) is 19.8 Å². The Kier molecular flexibility index (Phi) is 1.95. The predicted octanol–water partition coefficient (Wildman–Crippen LogP) is -0.578. The second kappa shape index (κ2) is 2.62. The van der Waals surface area contributed by atoms with Gasteiger partial charge in [0.15, 0.2) is 0 Å². The van der Waals surface area contributed by atoms with E-state index in [0.717, 1.165) is 0 Å². The molecule has 2 N–H and O–H groups in total. The zero-order chi connectivity index (χ0) is 8.48. The average molecular weight is 157 g/mol. The van der Waals surface area contributed by atoms with E-state index in [1.165, 1.54) is 0 Å². The van der Waals surface area contributed by atoms with Crippen LogP contribution in [0.2, 0.25) is 0 Å². The van der Waals surface area contributed by atoms with Crippen LogP contribution >= 0.6 is 0 Å². The van der Waals surface area contributed by atoms with Gasteiger partial charge >= 0.3 is 0 Å². The molecule has 0 aromatic rings. The molecule has 0 spiro atoms. The van der Waals surface area contributed by atoms with E-state index in [9.17, 15) is 9.59 Å². The Morgan fingerprint density at radius 1 is 1.64 bits per heavy atom. The van der Waals surface area contributed by atoms with Crippen LogP contribution in [0, 0.1) is 5.41 Å². The van der Waals surface area contributed by atoms with Crippen molar-refractivity contribution in [1.82, 2.24) is 5.32 Å². The molecule has 0 aromatic carbocycles. The van der Waals surface area contributed by atoms with Crippen molar-refractivity contribution in [3.05, 3.63) is 0 Å². The lowest BCUT2D eigenvalue weighted by molar-refractivity contribution is -0.130. The summed E-state index contributed by atoms with van der Waals surface area (Å²) in [5.74, 6) is -0.626. The van der Waals surface area contributed by atoms with Crippen LogP contribution in [0.15, 0.2) is 0 Å². The molecule has 0 aromatic heterocycles. The number of amides is 2. The Hall–Kier alpha value is -0.900. The summed E-state index contributed by atoms with van der Waals surface area (Å²) < 4.78 is 0. The minimum atomic E-state index is -0.836. The molecule has 0 aliphatic carbocycles. The molecule has 0 bridgehead atoms. The van der Waals surface area contributed by atoms with E-state index >= 15 is 0 Å². The van der Waals surface area contributed by atoms with Gasteiger partial charge in [0.25, 0.3) is 0 Å². The first-order chi connectivity index (χ1) is 5.14. The first kappa shape index (κ1) is 8.20. The fraction of sp³-hybridized carbons (Fsp3) is 0.714. The predicted molar refractivity (Wildman–Crippen MR) is 37.6 cm³/mol. The van der Waals surface area contributed by atoms with Crippen LogP contribution in [0.4, 0.5) is 0 Å². The van der Waals surface area contributed by atoms with Crippen molar-refractivity contribution in [2.45, 2.75) is 19.8 Å². The van der Waals surface area contributed by atoms with Crippen LogP contribution in [0.25, 0.3) is 0 Å². The van der Waals surface area contributed by atoms with E-state index in [4.69, 9.17) is 5.11 Å². The van der Waals surface area contributed by atoms with Gasteiger partial charge in [-0.1, -0.05) is 6.92 Å². The van der Waals surface area contributed by atoms with E-state index in [1.807, 2.05) is 0 Å². The van der Waals surface area contributed by atoms with E-state index in [1.54, 1.807) is 6.92 Å². The Morgan fingerprint density at radius 2 is 2.27 bits per heavy atom. The zero-order valence-electron chi connectivity index (χ0n) is 6.39. The van der Waals surface area contributed by atoms with E-state index < -0.39 is 5.41 Å². The number of aliphatic hydroxyl groups excluding tert-OH is 1. The Morgan fingerprint density at radius 3 is 2.45 bits per heavy atom. The van der Waals surface area contributed by atoms with Crippen molar-refractivity contribution in [3.8, 4) is 0 Å².